The molecular weight excluding hydrogens is 310 g/mol. The van der Waals surface area contributed by atoms with Crippen LogP contribution in [-0.4, -0.2) is 34.1 Å². The van der Waals surface area contributed by atoms with E-state index in [2.05, 4.69) is 24.1 Å². The summed E-state index contributed by atoms with van der Waals surface area (Å²) in [6, 6.07) is 3.76. The van der Waals surface area contributed by atoms with Crippen LogP contribution in [-0.2, 0) is 9.59 Å². The molecule has 0 aromatic carbocycles. The fraction of sp³-hybridized carbons (Fsp3) is 0.588. The SMILES string of the molecule is CC(C)CN1C(=O)[C@H](CC(=O)NC(C)(C)C)Sc2ncccc21. The maximum Gasteiger partial charge on any atom is 0.241 e. The number of fused-ring (bicyclic) bond motifs is 1. The number of aromatic nitrogens is 1. The van der Waals surface area contributed by atoms with E-state index in [0.29, 0.717) is 12.5 Å². The van der Waals surface area contributed by atoms with Crippen LogP contribution in [0.3, 0.4) is 0 Å². The molecule has 1 aromatic heterocycles. The van der Waals surface area contributed by atoms with Crippen molar-refractivity contribution in [1.29, 1.82) is 0 Å². The molecule has 5 nitrogen and oxygen atoms in total. The number of hydrogen-bond donors (Lipinski definition) is 1. The van der Waals surface area contributed by atoms with Crippen molar-refractivity contribution in [2.75, 3.05) is 11.4 Å². The second kappa shape index (κ2) is 6.91. The smallest absolute Gasteiger partial charge is 0.241 e. The minimum Gasteiger partial charge on any atom is -0.351 e. The Hall–Kier alpha value is -1.56. The van der Waals surface area contributed by atoms with Gasteiger partial charge in [0.05, 0.1) is 10.9 Å². The van der Waals surface area contributed by atoms with Crippen molar-refractivity contribution in [3.05, 3.63) is 18.3 Å². The lowest BCUT2D eigenvalue weighted by Crippen LogP contribution is -2.47. The summed E-state index contributed by atoms with van der Waals surface area (Å²) in [7, 11) is 0. The highest BCUT2D eigenvalue weighted by Crippen LogP contribution is 2.39. The van der Waals surface area contributed by atoms with E-state index in [9.17, 15) is 9.59 Å². The van der Waals surface area contributed by atoms with Crippen LogP contribution in [0.15, 0.2) is 23.4 Å². The van der Waals surface area contributed by atoms with E-state index < -0.39 is 5.25 Å². The highest BCUT2D eigenvalue weighted by molar-refractivity contribution is 8.00. The highest BCUT2D eigenvalue weighted by Gasteiger charge is 2.36. The Morgan fingerprint density at radius 3 is 2.74 bits per heavy atom. The van der Waals surface area contributed by atoms with Gasteiger partial charge in [-0.1, -0.05) is 25.6 Å². The average Bonchev–Trinajstić information content (AvgIpc) is 2.41. The zero-order valence-electron chi connectivity index (χ0n) is 14.4. The van der Waals surface area contributed by atoms with Gasteiger partial charge in [-0.3, -0.25) is 9.59 Å². The lowest BCUT2D eigenvalue weighted by molar-refractivity contribution is -0.125. The molecule has 23 heavy (non-hydrogen) atoms. The molecule has 0 saturated carbocycles. The number of carbonyl (C=O) groups excluding carboxylic acids is 2. The van der Waals surface area contributed by atoms with Crippen LogP contribution in [0.25, 0.3) is 0 Å². The van der Waals surface area contributed by atoms with E-state index in [1.54, 1.807) is 11.1 Å². The summed E-state index contributed by atoms with van der Waals surface area (Å²) in [6.07, 6.45) is 1.90. The van der Waals surface area contributed by atoms with Crippen LogP contribution < -0.4 is 10.2 Å². The highest BCUT2D eigenvalue weighted by atomic mass is 32.2. The normalized spacial score (nSPS) is 18.1. The third-order valence-corrected chi connectivity index (χ3v) is 4.46. The monoisotopic (exact) mass is 335 g/mol. The Balaban J connectivity index is 2.20. The van der Waals surface area contributed by atoms with E-state index >= 15 is 0 Å². The van der Waals surface area contributed by atoms with Crippen LogP contribution in [0.4, 0.5) is 5.69 Å². The number of hydrogen-bond acceptors (Lipinski definition) is 4. The minimum absolute atomic E-state index is 0.00624. The summed E-state index contributed by atoms with van der Waals surface area (Å²) in [6.45, 7) is 10.6. The van der Waals surface area contributed by atoms with Gasteiger partial charge in [-0.15, -0.1) is 0 Å². The van der Waals surface area contributed by atoms with Gasteiger partial charge in [-0.25, -0.2) is 4.98 Å². The predicted octanol–water partition coefficient (Wildman–Crippen LogP) is 2.85. The van der Waals surface area contributed by atoms with Gasteiger partial charge in [0.15, 0.2) is 0 Å². The van der Waals surface area contributed by atoms with Crippen LogP contribution >= 0.6 is 11.8 Å². The molecule has 0 aliphatic carbocycles. The Morgan fingerprint density at radius 1 is 1.43 bits per heavy atom. The van der Waals surface area contributed by atoms with E-state index in [1.165, 1.54) is 11.8 Å². The third kappa shape index (κ3) is 4.70. The molecule has 2 heterocycles. The summed E-state index contributed by atoms with van der Waals surface area (Å²) < 4.78 is 0. The van der Waals surface area contributed by atoms with Gasteiger partial charge in [0, 0.05) is 24.7 Å². The van der Waals surface area contributed by atoms with Crippen molar-refractivity contribution >= 4 is 29.3 Å². The number of amides is 2. The molecule has 1 aliphatic heterocycles. The number of thioether (sulfide) groups is 1. The molecule has 2 amide bonds. The Morgan fingerprint density at radius 2 is 2.13 bits per heavy atom. The summed E-state index contributed by atoms with van der Waals surface area (Å²) in [5.41, 5.74) is 0.552. The largest absolute Gasteiger partial charge is 0.351 e. The Kier molecular flexibility index (Phi) is 5.34. The summed E-state index contributed by atoms with van der Waals surface area (Å²) in [5.74, 6) is 0.236. The molecule has 0 bridgehead atoms. The third-order valence-electron chi connectivity index (χ3n) is 3.27. The molecule has 2 rings (SSSR count). The molecule has 0 spiro atoms. The van der Waals surface area contributed by atoms with Gasteiger partial charge in [-0.2, -0.15) is 0 Å². The number of carbonyl (C=O) groups is 2. The van der Waals surface area contributed by atoms with Crippen LogP contribution in [0.1, 0.15) is 41.0 Å². The second-order valence-corrected chi connectivity index (χ2v) is 8.47. The molecule has 1 aromatic rings. The first kappa shape index (κ1) is 17.8. The van der Waals surface area contributed by atoms with Crippen molar-refractivity contribution in [2.45, 2.75) is 56.9 Å². The molecule has 0 fully saturated rings. The van der Waals surface area contributed by atoms with Crippen LogP contribution in [0, 0.1) is 5.92 Å². The fourth-order valence-corrected chi connectivity index (χ4v) is 3.63. The average molecular weight is 335 g/mol. The van der Waals surface area contributed by atoms with E-state index in [-0.39, 0.29) is 23.8 Å². The Bertz CT molecular complexity index is 596. The Labute approximate surface area is 142 Å². The van der Waals surface area contributed by atoms with Crippen LogP contribution in [0.2, 0.25) is 0 Å². The minimum atomic E-state index is -0.418. The first-order chi connectivity index (χ1) is 10.7. The maximum absolute atomic E-state index is 12.8. The number of nitrogens with one attached hydrogen (secondary N) is 1. The first-order valence-electron chi connectivity index (χ1n) is 7.91. The molecule has 0 saturated heterocycles. The summed E-state index contributed by atoms with van der Waals surface area (Å²) in [5, 5.41) is 3.33. The molecule has 1 aliphatic rings. The molecule has 0 unspecified atom stereocenters. The quantitative estimate of drug-likeness (QED) is 0.919. The number of rotatable bonds is 4. The topological polar surface area (TPSA) is 62.3 Å². The summed E-state index contributed by atoms with van der Waals surface area (Å²) in [4.78, 5) is 31.2. The predicted molar refractivity (Wildman–Crippen MR) is 93.6 cm³/mol. The zero-order chi connectivity index (χ0) is 17.2. The molecule has 0 radical (unpaired) electrons. The lowest BCUT2D eigenvalue weighted by Gasteiger charge is -2.34. The van der Waals surface area contributed by atoms with Crippen molar-refractivity contribution in [1.82, 2.24) is 10.3 Å². The van der Waals surface area contributed by atoms with Gasteiger partial charge < -0.3 is 10.2 Å². The number of nitrogens with zero attached hydrogens (tertiary/aromatic N) is 2. The van der Waals surface area contributed by atoms with Crippen LogP contribution in [0.5, 0.6) is 0 Å². The molecule has 1 N–H and O–H groups in total. The van der Waals surface area contributed by atoms with Gasteiger partial charge in [0.1, 0.15) is 5.03 Å². The number of pyridine rings is 1. The maximum atomic E-state index is 12.8. The van der Waals surface area contributed by atoms with Crippen molar-refractivity contribution in [3.63, 3.8) is 0 Å². The molecule has 1 atom stereocenters. The fourth-order valence-electron chi connectivity index (χ4n) is 2.48. The second-order valence-electron chi connectivity index (χ2n) is 7.28. The molecule has 6 heteroatoms. The van der Waals surface area contributed by atoms with E-state index in [4.69, 9.17) is 0 Å². The zero-order valence-corrected chi connectivity index (χ0v) is 15.2. The standard InChI is InChI=1S/C17H25N3O2S/c1-11(2)10-20-12-7-6-8-18-15(12)23-13(16(20)22)9-14(21)19-17(3,4)5/h6-8,11,13H,9-10H2,1-5H3,(H,19,21)/t13-/m0/s1. The van der Waals surface area contributed by atoms with Gasteiger partial charge in [-0.05, 0) is 38.8 Å². The molecule has 126 valence electrons. The van der Waals surface area contributed by atoms with Gasteiger partial charge in [0.25, 0.3) is 0 Å². The van der Waals surface area contributed by atoms with Gasteiger partial charge >= 0.3 is 0 Å². The van der Waals surface area contributed by atoms with Crippen molar-refractivity contribution in [2.24, 2.45) is 5.92 Å². The van der Waals surface area contributed by atoms with Crippen molar-refractivity contribution < 1.29 is 9.59 Å². The van der Waals surface area contributed by atoms with Gasteiger partial charge in [0.2, 0.25) is 11.8 Å². The van der Waals surface area contributed by atoms with E-state index in [0.717, 1.165) is 10.7 Å². The molecular formula is C17H25N3O2S. The van der Waals surface area contributed by atoms with Crippen molar-refractivity contribution in [3.8, 4) is 0 Å². The number of anilines is 1. The van der Waals surface area contributed by atoms with E-state index in [1.807, 2.05) is 32.9 Å². The summed E-state index contributed by atoms with van der Waals surface area (Å²) >= 11 is 1.39. The lowest BCUT2D eigenvalue weighted by atomic mass is 10.1. The first-order valence-corrected chi connectivity index (χ1v) is 8.79.